The third-order valence-electron chi connectivity index (χ3n) is 7.42. The van der Waals surface area contributed by atoms with Crippen molar-refractivity contribution in [1.82, 2.24) is 31.9 Å². The largest absolute Gasteiger partial charge is 0.370 e. The van der Waals surface area contributed by atoms with Gasteiger partial charge in [-0.25, -0.2) is 0 Å². The summed E-state index contributed by atoms with van der Waals surface area (Å²) in [5.41, 5.74) is 3.92. The van der Waals surface area contributed by atoms with Crippen LogP contribution < -0.4 is 37.6 Å². The predicted octanol–water partition coefficient (Wildman–Crippen LogP) is -0.645. The molecule has 1 heterocycles. The molecule has 9 N–H and O–H groups in total. The summed E-state index contributed by atoms with van der Waals surface area (Å²) in [6, 6.07) is -2.68. The highest BCUT2D eigenvalue weighted by molar-refractivity contribution is 5.97. The molecule has 39 heavy (non-hydrogen) atoms. The number of carbonyl (C=O) groups is 5. The summed E-state index contributed by atoms with van der Waals surface area (Å²) in [5.74, 6) is -2.55. The van der Waals surface area contributed by atoms with Gasteiger partial charge < -0.3 is 37.6 Å². The van der Waals surface area contributed by atoms with Crippen LogP contribution in [0.1, 0.15) is 79.1 Å². The smallest absolute Gasteiger partial charge is 0.246 e. The van der Waals surface area contributed by atoms with E-state index in [9.17, 15) is 24.0 Å². The standard InChI is InChI=1S/C26H46N8O5/c1-5-17-22(37)32-19(14-16-8-6-9-16)21(36)29-13-11-26(4,34-20(35)15(2)3)24(39)33-18(23(38)31-17)10-7-12-30-25(27)28/h15-19H,5-14H2,1-4H3,(H,29,36)(H,31,38)(H,32,37)(H,33,39)(H,34,35)(H4,27,28,30)/t17-,18-,19+,26+/m0/s1. The van der Waals surface area contributed by atoms with E-state index in [0.29, 0.717) is 25.3 Å². The van der Waals surface area contributed by atoms with Crippen LogP contribution in [0.2, 0.25) is 0 Å². The van der Waals surface area contributed by atoms with Crippen LogP contribution in [-0.4, -0.2) is 72.2 Å². The molecule has 13 nitrogen and oxygen atoms in total. The maximum absolute atomic E-state index is 13.5. The maximum Gasteiger partial charge on any atom is 0.246 e. The quantitative estimate of drug-likeness (QED) is 0.106. The van der Waals surface area contributed by atoms with Crippen molar-refractivity contribution in [2.75, 3.05) is 13.1 Å². The number of hydrogen-bond acceptors (Lipinski definition) is 6. The lowest BCUT2D eigenvalue weighted by atomic mass is 9.80. The molecule has 0 radical (unpaired) electrons. The number of guanidine groups is 1. The zero-order valence-corrected chi connectivity index (χ0v) is 23.6. The van der Waals surface area contributed by atoms with E-state index in [4.69, 9.17) is 11.1 Å². The first-order valence-electron chi connectivity index (χ1n) is 14.0. The molecular weight excluding hydrogens is 504 g/mol. The molecule has 1 aliphatic heterocycles. The van der Waals surface area contributed by atoms with Crippen molar-refractivity contribution in [3.8, 4) is 0 Å². The second-order valence-electron chi connectivity index (χ2n) is 11.1. The zero-order valence-electron chi connectivity index (χ0n) is 23.6. The molecule has 0 aromatic heterocycles. The summed E-state index contributed by atoms with van der Waals surface area (Å²) in [5, 5.41) is 23.9. The lowest BCUT2D eigenvalue weighted by Crippen LogP contribution is -2.63. The Labute approximate surface area is 230 Å². The first kappa shape index (κ1) is 31.8. The van der Waals surface area contributed by atoms with Gasteiger partial charge in [-0.15, -0.1) is 0 Å². The Morgan fingerprint density at radius 1 is 1.05 bits per heavy atom. The molecule has 1 saturated carbocycles. The normalized spacial score (nSPS) is 27.3. The van der Waals surface area contributed by atoms with Gasteiger partial charge in [0, 0.05) is 19.0 Å². The number of amides is 5. The average molecular weight is 551 g/mol. The van der Waals surface area contributed by atoms with E-state index in [2.05, 4.69) is 31.9 Å². The fourth-order valence-corrected chi connectivity index (χ4v) is 4.51. The van der Waals surface area contributed by atoms with E-state index >= 15 is 0 Å². The van der Waals surface area contributed by atoms with Gasteiger partial charge in [-0.05, 0) is 44.9 Å². The van der Waals surface area contributed by atoms with Gasteiger partial charge in [0.1, 0.15) is 23.7 Å². The van der Waals surface area contributed by atoms with Gasteiger partial charge in [0.05, 0.1) is 0 Å². The van der Waals surface area contributed by atoms with Crippen molar-refractivity contribution >= 4 is 35.5 Å². The highest BCUT2D eigenvalue weighted by Crippen LogP contribution is 2.30. The van der Waals surface area contributed by atoms with Crippen LogP contribution in [-0.2, 0) is 24.0 Å². The Kier molecular flexibility index (Phi) is 12.0. The van der Waals surface area contributed by atoms with Crippen LogP contribution in [0.25, 0.3) is 0 Å². The van der Waals surface area contributed by atoms with Crippen molar-refractivity contribution in [2.45, 2.75) is 103 Å². The molecule has 220 valence electrons. The van der Waals surface area contributed by atoms with E-state index in [1.165, 1.54) is 0 Å². The number of rotatable bonds is 9. The van der Waals surface area contributed by atoms with Crippen molar-refractivity contribution in [3.63, 3.8) is 0 Å². The number of nitrogens with one attached hydrogen (secondary N) is 7. The Morgan fingerprint density at radius 3 is 2.26 bits per heavy atom. The topological polar surface area (TPSA) is 207 Å². The molecule has 0 aromatic carbocycles. The van der Waals surface area contributed by atoms with E-state index in [1.807, 2.05) is 0 Å². The van der Waals surface area contributed by atoms with Crippen LogP contribution in [0.15, 0.2) is 0 Å². The second-order valence-corrected chi connectivity index (χ2v) is 11.1. The van der Waals surface area contributed by atoms with Crippen molar-refractivity contribution in [3.05, 3.63) is 0 Å². The minimum absolute atomic E-state index is 0.0743. The highest BCUT2D eigenvalue weighted by Gasteiger charge is 2.39. The van der Waals surface area contributed by atoms with Gasteiger partial charge >= 0.3 is 0 Å². The molecule has 0 unspecified atom stereocenters. The van der Waals surface area contributed by atoms with E-state index in [-0.39, 0.29) is 49.5 Å². The predicted molar refractivity (Wildman–Crippen MR) is 146 cm³/mol. The average Bonchev–Trinajstić information content (AvgIpc) is 2.84. The molecule has 2 rings (SSSR count). The summed E-state index contributed by atoms with van der Waals surface area (Å²) in [7, 11) is 0. The number of nitrogens with two attached hydrogens (primary N) is 1. The molecular formula is C26H46N8O5. The third kappa shape index (κ3) is 9.70. The van der Waals surface area contributed by atoms with Crippen molar-refractivity contribution in [1.29, 1.82) is 5.41 Å². The number of hydrogen-bond donors (Lipinski definition) is 8. The molecule has 2 fully saturated rings. The van der Waals surface area contributed by atoms with Crippen LogP contribution in [0.4, 0.5) is 0 Å². The summed E-state index contributed by atoms with van der Waals surface area (Å²) >= 11 is 0. The molecule has 2 aliphatic rings. The Bertz CT molecular complexity index is 922. The first-order valence-corrected chi connectivity index (χ1v) is 14.0. The Balaban J connectivity index is 2.34. The monoisotopic (exact) mass is 550 g/mol. The SMILES string of the molecule is CC[C@@H]1NC(=O)[C@H](CCCNC(=N)N)NC(=O)[C@](C)(NC(=O)C(C)C)CCNC(=O)[C@@H](CC2CCC2)NC1=O. The molecule has 5 amide bonds. The second kappa shape index (κ2) is 14.7. The first-order chi connectivity index (χ1) is 18.4. The van der Waals surface area contributed by atoms with Crippen molar-refractivity contribution in [2.24, 2.45) is 17.6 Å². The molecule has 0 spiro atoms. The molecule has 4 atom stereocenters. The Hall–Kier alpha value is -3.38. The minimum atomic E-state index is -1.41. The van der Waals surface area contributed by atoms with E-state index in [1.54, 1.807) is 27.7 Å². The minimum Gasteiger partial charge on any atom is -0.370 e. The summed E-state index contributed by atoms with van der Waals surface area (Å²) < 4.78 is 0. The van der Waals surface area contributed by atoms with Gasteiger partial charge in [0.25, 0.3) is 0 Å². The van der Waals surface area contributed by atoms with E-state index in [0.717, 1.165) is 19.3 Å². The van der Waals surface area contributed by atoms with Gasteiger partial charge in [-0.2, -0.15) is 0 Å². The molecule has 1 aliphatic carbocycles. The zero-order chi connectivity index (χ0) is 29.2. The third-order valence-corrected chi connectivity index (χ3v) is 7.42. The van der Waals surface area contributed by atoms with Crippen LogP contribution in [0.5, 0.6) is 0 Å². The molecule has 0 bridgehead atoms. The van der Waals surface area contributed by atoms with Crippen LogP contribution in [0, 0.1) is 17.2 Å². The van der Waals surface area contributed by atoms with Crippen molar-refractivity contribution < 1.29 is 24.0 Å². The summed E-state index contributed by atoms with van der Waals surface area (Å²) in [6.45, 7) is 7.11. The van der Waals surface area contributed by atoms with Gasteiger partial charge in [0.15, 0.2) is 5.96 Å². The van der Waals surface area contributed by atoms with Gasteiger partial charge in [0.2, 0.25) is 29.5 Å². The fraction of sp³-hybridized carbons (Fsp3) is 0.769. The van der Waals surface area contributed by atoms with Gasteiger partial charge in [-0.3, -0.25) is 29.4 Å². The lowest BCUT2D eigenvalue weighted by molar-refractivity contribution is -0.138. The highest BCUT2D eigenvalue weighted by atomic mass is 16.2. The summed E-state index contributed by atoms with van der Waals surface area (Å²) in [6.07, 6.45) is 4.53. The van der Waals surface area contributed by atoms with E-state index < -0.39 is 41.4 Å². The van der Waals surface area contributed by atoms with Crippen LogP contribution >= 0.6 is 0 Å². The van der Waals surface area contributed by atoms with Crippen LogP contribution in [0.3, 0.4) is 0 Å². The Morgan fingerprint density at radius 2 is 1.69 bits per heavy atom. The molecule has 13 heteroatoms. The maximum atomic E-state index is 13.5. The number of carbonyl (C=O) groups excluding carboxylic acids is 5. The van der Waals surface area contributed by atoms with Gasteiger partial charge in [-0.1, -0.05) is 40.0 Å². The molecule has 0 aromatic rings. The lowest BCUT2D eigenvalue weighted by Gasteiger charge is -2.34. The molecule has 1 saturated heterocycles. The fourth-order valence-electron chi connectivity index (χ4n) is 4.51. The summed E-state index contributed by atoms with van der Waals surface area (Å²) in [4.78, 5) is 65.7.